The van der Waals surface area contributed by atoms with E-state index >= 15 is 0 Å². The van der Waals surface area contributed by atoms with Gasteiger partial charge >= 0.3 is 7.05 Å². The second-order valence-electron chi connectivity index (χ2n) is 12.1. The molecule has 4 aromatic heterocycles. The molecule has 2 fully saturated rings. The number of nitrogens with one attached hydrogen (secondary N) is 1. The van der Waals surface area contributed by atoms with Crippen LogP contribution in [0.5, 0.6) is 0 Å². The lowest BCUT2D eigenvalue weighted by atomic mass is 9.82. The van der Waals surface area contributed by atoms with Crippen LogP contribution in [0.3, 0.4) is 0 Å². The van der Waals surface area contributed by atoms with Crippen LogP contribution in [0, 0.1) is 11.6 Å². The van der Waals surface area contributed by atoms with Crippen LogP contribution in [0.2, 0.25) is 6.82 Å². The lowest BCUT2D eigenvalue weighted by Gasteiger charge is -2.34. The third kappa shape index (κ3) is 6.60. The van der Waals surface area contributed by atoms with Crippen molar-refractivity contribution in [2.24, 2.45) is 0 Å². The molecule has 0 saturated carbocycles. The van der Waals surface area contributed by atoms with Gasteiger partial charge in [-0.3, -0.25) is 0 Å². The number of pyridine rings is 2. The van der Waals surface area contributed by atoms with Crippen LogP contribution in [0.25, 0.3) is 45.1 Å². The van der Waals surface area contributed by atoms with Gasteiger partial charge in [0.05, 0.1) is 11.1 Å². The van der Waals surface area contributed by atoms with Gasteiger partial charge in [0.25, 0.3) is 0 Å². The van der Waals surface area contributed by atoms with E-state index < -0.39 is 7.05 Å². The van der Waals surface area contributed by atoms with E-state index in [2.05, 4.69) is 34.4 Å². The summed E-state index contributed by atoms with van der Waals surface area (Å²) in [6, 6.07) is 21.6. The van der Waals surface area contributed by atoms with E-state index in [1.165, 1.54) is 12.1 Å². The fourth-order valence-corrected chi connectivity index (χ4v) is 6.80. The van der Waals surface area contributed by atoms with Gasteiger partial charge in [-0.05, 0) is 107 Å². The van der Waals surface area contributed by atoms with Crippen LogP contribution >= 0.6 is 0 Å². The normalized spacial score (nSPS) is 16.0. The van der Waals surface area contributed by atoms with Crippen LogP contribution in [-0.4, -0.2) is 72.1 Å². The molecule has 12 heteroatoms. The molecule has 2 aromatic carbocycles. The summed E-state index contributed by atoms with van der Waals surface area (Å²) in [5.41, 5.74) is 4.26. The topological polar surface area (TPSA) is 96.9 Å². The summed E-state index contributed by atoms with van der Waals surface area (Å²) in [5, 5.41) is 13.1. The molecule has 0 atom stereocenters. The van der Waals surface area contributed by atoms with Gasteiger partial charge in [0.2, 0.25) is 0 Å². The second kappa shape index (κ2) is 14.7. The molecule has 2 aliphatic heterocycles. The number of halogens is 2. The summed E-state index contributed by atoms with van der Waals surface area (Å²) in [6.45, 7) is 5.32. The lowest BCUT2D eigenvalue weighted by molar-refractivity contribution is 0.255. The maximum atomic E-state index is 14.4. The monoisotopic (exact) mass is 650 g/mol. The number of benzene rings is 2. The third-order valence-electron chi connectivity index (χ3n) is 9.19. The van der Waals surface area contributed by atoms with Crippen molar-refractivity contribution >= 4 is 29.4 Å². The van der Waals surface area contributed by atoms with Gasteiger partial charge in [-0.2, -0.15) is 0 Å². The van der Waals surface area contributed by atoms with Crippen molar-refractivity contribution in [3.8, 4) is 22.8 Å². The Morgan fingerprint density at radius 1 is 0.688 bits per heavy atom. The fourth-order valence-electron chi connectivity index (χ4n) is 6.80. The zero-order chi connectivity index (χ0) is 32.3. The number of fused-ring (bicyclic) bond motifs is 2. The molecule has 0 unspecified atom stereocenters. The van der Waals surface area contributed by atoms with Crippen molar-refractivity contribution in [2.45, 2.75) is 52.0 Å². The van der Waals surface area contributed by atoms with E-state index in [1.54, 1.807) is 43.5 Å². The first-order valence-corrected chi connectivity index (χ1v) is 16.3. The maximum Gasteiger partial charge on any atom is 0.376 e. The van der Waals surface area contributed by atoms with E-state index in [1.807, 2.05) is 41.2 Å². The molecule has 0 amide bonds. The van der Waals surface area contributed by atoms with Crippen molar-refractivity contribution in [3.05, 3.63) is 96.8 Å². The number of hydrogen-bond donors (Lipinski definition) is 2. The van der Waals surface area contributed by atoms with Gasteiger partial charge in [-0.15, -0.1) is 0 Å². The first-order chi connectivity index (χ1) is 23.0. The second-order valence-corrected chi connectivity index (χ2v) is 12.1. The number of aromatic nitrogens is 6. The van der Waals surface area contributed by atoms with Crippen molar-refractivity contribution in [2.75, 3.05) is 26.2 Å². The summed E-state index contributed by atoms with van der Waals surface area (Å²) in [4.78, 5) is 20.4. The number of nitrogens with zero attached hydrogens (tertiary/aromatic N) is 7. The molecule has 2 aliphatic rings. The zero-order valence-corrected chi connectivity index (χ0v) is 26.3. The predicted molar refractivity (Wildman–Crippen MR) is 187 cm³/mol. The summed E-state index contributed by atoms with van der Waals surface area (Å²) in [5.74, 6) is 0.787. The highest BCUT2D eigenvalue weighted by Gasteiger charge is 2.29. The standard InChI is InChI=1S/C18H20BFN4O.C17H17FN4.CH4/c1-19(25)23-11-8-13(9-12-23)24-17(14-5-2-3-6-15(14)20)22-16-7-4-10-21-18(16)24;18-14-5-2-1-4-13(14)16-21-15-6-3-9-20-17(15)22(16)12-7-10-19-11-8-12;/h2-7,10,13,25H,8-9,11-12H2,1H3;1-6,9,12,19H,7-8,10-11H2;1H4. The molecule has 2 saturated heterocycles. The molecule has 0 spiro atoms. The third-order valence-corrected chi connectivity index (χ3v) is 9.19. The Balaban J connectivity index is 0.000000165. The van der Waals surface area contributed by atoms with Gasteiger partial charge in [-0.1, -0.05) is 31.7 Å². The van der Waals surface area contributed by atoms with Crippen LogP contribution in [-0.2, 0) is 0 Å². The lowest BCUT2D eigenvalue weighted by Crippen LogP contribution is -2.43. The molecule has 0 radical (unpaired) electrons. The van der Waals surface area contributed by atoms with E-state index in [-0.39, 0.29) is 25.1 Å². The number of imidazole rings is 2. The summed E-state index contributed by atoms with van der Waals surface area (Å²) < 4.78 is 32.9. The van der Waals surface area contributed by atoms with Gasteiger partial charge in [0, 0.05) is 24.5 Å². The number of hydrogen-bond acceptors (Lipinski definition) is 7. The maximum absolute atomic E-state index is 14.4. The van der Waals surface area contributed by atoms with Crippen LogP contribution in [0.15, 0.2) is 85.2 Å². The first kappa shape index (κ1) is 33.4. The molecule has 6 heterocycles. The van der Waals surface area contributed by atoms with E-state index in [0.29, 0.717) is 28.8 Å². The average molecular weight is 651 g/mol. The number of rotatable bonds is 5. The zero-order valence-electron chi connectivity index (χ0n) is 26.3. The van der Waals surface area contributed by atoms with E-state index in [4.69, 9.17) is 0 Å². The minimum atomic E-state index is -0.440. The molecular formula is C36H41BF2N8O. The van der Waals surface area contributed by atoms with Gasteiger partial charge in [0.15, 0.2) is 11.3 Å². The highest BCUT2D eigenvalue weighted by atomic mass is 19.1. The van der Waals surface area contributed by atoms with Gasteiger partial charge < -0.3 is 24.3 Å². The Labute approximate surface area is 279 Å². The molecule has 0 bridgehead atoms. The number of piperidine rings is 2. The van der Waals surface area contributed by atoms with E-state index in [0.717, 1.165) is 74.2 Å². The van der Waals surface area contributed by atoms with Gasteiger partial charge in [0.1, 0.15) is 34.3 Å². The van der Waals surface area contributed by atoms with Crippen molar-refractivity contribution in [1.82, 2.24) is 39.2 Å². The molecular weight excluding hydrogens is 609 g/mol. The molecule has 0 aliphatic carbocycles. The first-order valence-electron chi connectivity index (χ1n) is 16.3. The average Bonchev–Trinajstić information content (AvgIpc) is 3.68. The Morgan fingerprint density at radius 3 is 1.60 bits per heavy atom. The summed E-state index contributed by atoms with van der Waals surface area (Å²) in [7, 11) is -0.440. The minimum Gasteiger partial charge on any atom is -0.437 e. The summed E-state index contributed by atoms with van der Waals surface area (Å²) >= 11 is 0. The summed E-state index contributed by atoms with van der Waals surface area (Å²) in [6.07, 6.45) is 7.26. The highest BCUT2D eigenvalue weighted by Crippen LogP contribution is 2.34. The smallest absolute Gasteiger partial charge is 0.376 e. The quantitative estimate of drug-likeness (QED) is 0.199. The predicted octanol–water partition coefficient (Wildman–Crippen LogP) is 6.78. The van der Waals surface area contributed by atoms with Crippen molar-refractivity contribution in [3.63, 3.8) is 0 Å². The molecule has 8 rings (SSSR count). The Morgan fingerprint density at radius 2 is 1.15 bits per heavy atom. The largest absolute Gasteiger partial charge is 0.437 e. The van der Waals surface area contributed by atoms with Crippen molar-refractivity contribution in [1.29, 1.82) is 0 Å². The molecule has 248 valence electrons. The molecule has 6 aromatic rings. The van der Waals surface area contributed by atoms with E-state index in [9.17, 15) is 13.8 Å². The van der Waals surface area contributed by atoms with Crippen LogP contribution < -0.4 is 5.32 Å². The minimum absolute atomic E-state index is 0. The molecule has 9 nitrogen and oxygen atoms in total. The van der Waals surface area contributed by atoms with Crippen LogP contribution in [0.4, 0.5) is 8.78 Å². The van der Waals surface area contributed by atoms with Crippen molar-refractivity contribution < 1.29 is 13.8 Å². The Hall–Kier alpha value is -4.52. The Bertz CT molecular complexity index is 1980. The molecule has 48 heavy (non-hydrogen) atoms. The fraction of sp³-hybridized carbons (Fsp3) is 0.333. The van der Waals surface area contributed by atoms with Crippen LogP contribution in [0.1, 0.15) is 45.2 Å². The highest BCUT2D eigenvalue weighted by molar-refractivity contribution is 6.45. The molecule has 2 N–H and O–H groups in total. The SMILES string of the molecule is C.CB(O)N1CCC(n2c(-c3ccccc3F)nc3cccnc32)CC1.Fc1ccccc1-c1nc2cccnc2n1C1CCNCC1. The Kier molecular flexibility index (Phi) is 10.2. The van der Waals surface area contributed by atoms with Gasteiger partial charge in [-0.25, -0.2) is 28.7 Å².